The van der Waals surface area contributed by atoms with E-state index in [1.807, 2.05) is 18.2 Å². The molecule has 0 saturated carbocycles. The van der Waals surface area contributed by atoms with Crippen LogP contribution in [-0.4, -0.2) is 18.8 Å². The van der Waals surface area contributed by atoms with Crippen LogP contribution in [-0.2, 0) is 16.1 Å². The molecule has 0 bridgehead atoms. The van der Waals surface area contributed by atoms with Gasteiger partial charge in [0.2, 0.25) is 0 Å². The second-order valence-electron chi connectivity index (χ2n) is 5.06. The van der Waals surface area contributed by atoms with Crippen molar-refractivity contribution in [2.24, 2.45) is 0 Å². The first-order valence-corrected chi connectivity index (χ1v) is 7.17. The summed E-state index contributed by atoms with van der Waals surface area (Å²) in [6, 6.07) is 10.3. The van der Waals surface area contributed by atoms with Crippen LogP contribution >= 0.6 is 0 Å². The summed E-state index contributed by atoms with van der Waals surface area (Å²) in [5.74, 6) is 0. The molecule has 1 heterocycles. The number of unbranched alkanes of at least 4 members (excludes halogenated alkanes) is 3. The SMILES string of the molecule is CCCCCC[C@H]1O[C@H]1COCc1ccccc1. The summed E-state index contributed by atoms with van der Waals surface area (Å²) >= 11 is 0. The highest BCUT2D eigenvalue weighted by atomic mass is 16.6. The third-order valence-corrected chi connectivity index (χ3v) is 3.42. The first kappa shape index (κ1) is 13.6. The molecule has 0 N–H and O–H groups in total. The third-order valence-electron chi connectivity index (χ3n) is 3.42. The van der Waals surface area contributed by atoms with Crippen LogP contribution in [0.5, 0.6) is 0 Å². The van der Waals surface area contributed by atoms with Crippen LogP contribution in [0.3, 0.4) is 0 Å². The Morgan fingerprint density at radius 3 is 2.67 bits per heavy atom. The van der Waals surface area contributed by atoms with Gasteiger partial charge in [-0.1, -0.05) is 62.9 Å². The quantitative estimate of drug-likeness (QED) is 0.487. The van der Waals surface area contributed by atoms with Gasteiger partial charge in [0.15, 0.2) is 0 Å². The molecule has 0 aromatic heterocycles. The lowest BCUT2D eigenvalue weighted by molar-refractivity contribution is 0.104. The number of ether oxygens (including phenoxy) is 2. The minimum atomic E-state index is 0.357. The zero-order chi connectivity index (χ0) is 12.6. The van der Waals surface area contributed by atoms with Crippen molar-refractivity contribution in [3.63, 3.8) is 0 Å². The van der Waals surface area contributed by atoms with Crippen LogP contribution in [0.15, 0.2) is 30.3 Å². The Balaban J connectivity index is 1.49. The molecule has 100 valence electrons. The largest absolute Gasteiger partial charge is 0.374 e. The predicted octanol–water partition coefficient (Wildman–Crippen LogP) is 3.94. The van der Waals surface area contributed by atoms with Crippen LogP contribution in [0.2, 0.25) is 0 Å². The van der Waals surface area contributed by atoms with Crippen molar-refractivity contribution in [3.05, 3.63) is 35.9 Å². The van der Waals surface area contributed by atoms with Crippen LogP contribution < -0.4 is 0 Å². The fourth-order valence-electron chi connectivity index (χ4n) is 2.22. The molecule has 0 aliphatic carbocycles. The van der Waals surface area contributed by atoms with Gasteiger partial charge in [0.1, 0.15) is 6.10 Å². The Morgan fingerprint density at radius 2 is 1.89 bits per heavy atom. The monoisotopic (exact) mass is 248 g/mol. The molecule has 0 radical (unpaired) electrons. The molecule has 2 nitrogen and oxygen atoms in total. The van der Waals surface area contributed by atoms with Crippen molar-refractivity contribution in [1.82, 2.24) is 0 Å². The number of benzene rings is 1. The van der Waals surface area contributed by atoms with E-state index in [0.717, 1.165) is 6.61 Å². The third kappa shape index (κ3) is 4.79. The number of epoxide rings is 1. The molecule has 1 fully saturated rings. The molecular weight excluding hydrogens is 224 g/mol. The highest BCUT2D eigenvalue weighted by molar-refractivity contribution is 5.13. The number of hydrogen-bond acceptors (Lipinski definition) is 2. The van der Waals surface area contributed by atoms with Gasteiger partial charge in [0, 0.05) is 0 Å². The summed E-state index contributed by atoms with van der Waals surface area (Å²) < 4.78 is 11.3. The molecule has 2 heteroatoms. The van der Waals surface area contributed by atoms with Crippen molar-refractivity contribution in [2.75, 3.05) is 6.61 Å². The minimum absolute atomic E-state index is 0.357. The van der Waals surface area contributed by atoms with E-state index in [4.69, 9.17) is 9.47 Å². The average molecular weight is 248 g/mol. The van der Waals surface area contributed by atoms with Gasteiger partial charge < -0.3 is 9.47 Å². The maximum absolute atomic E-state index is 5.68. The molecule has 18 heavy (non-hydrogen) atoms. The summed E-state index contributed by atoms with van der Waals surface area (Å²) in [7, 11) is 0. The molecule has 0 spiro atoms. The Morgan fingerprint density at radius 1 is 1.06 bits per heavy atom. The lowest BCUT2D eigenvalue weighted by Gasteiger charge is -2.02. The average Bonchev–Trinajstić information content (AvgIpc) is 3.15. The van der Waals surface area contributed by atoms with Gasteiger partial charge in [-0.05, 0) is 12.0 Å². The second-order valence-corrected chi connectivity index (χ2v) is 5.06. The lowest BCUT2D eigenvalue weighted by Crippen LogP contribution is -2.05. The molecule has 2 rings (SSSR count). The molecule has 0 unspecified atom stereocenters. The van der Waals surface area contributed by atoms with E-state index in [0.29, 0.717) is 18.8 Å². The Bertz CT molecular complexity index is 323. The Labute approximate surface area is 110 Å². The highest BCUT2D eigenvalue weighted by Crippen LogP contribution is 2.27. The van der Waals surface area contributed by atoms with E-state index in [1.54, 1.807) is 0 Å². The van der Waals surface area contributed by atoms with Crippen molar-refractivity contribution in [2.45, 2.75) is 57.8 Å². The fraction of sp³-hybridized carbons (Fsp3) is 0.625. The molecule has 1 aliphatic heterocycles. The van der Waals surface area contributed by atoms with E-state index < -0.39 is 0 Å². The summed E-state index contributed by atoms with van der Waals surface area (Å²) in [6.07, 6.45) is 7.32. The van der Waals surface area contributed by atoms with Crippen LogP contribution in [0.25, 0.3) is 0 Å². The zero-order valence-electron chi connectivity index (χ0n) is 11.3. The van der Waals surface area contributed by atoms with Gasteiger partial charge in [0.05, 0.1) is 19.3 Å². The van der Waals surface area contributed by atoms with E-state index >= 15 is 0 Å². The van der Waals surface area contributed by atoms with Crippen LogP contribution in [0.4, 0.5) is 0 Å². The Hall–Kier alpha value is -0.860. The van der Waals surface area contributed by atoms with Crippen LogP contribution in [0.1, 0.15) is 44.6 Å². The zero-order valence-corrected chi connectivity index (χ0v) is 11.3. The second kappa shape index (κ2) is 7.55. The van der Waals surface area contributed by atoms with Gasteiger partial charge in [-0.2, -0.15) is 0 Å². The van der Waals surface area contributed by atoms with E-state index in [9.17, 15) is 0 Å². The lowest BCUT2D eigenvalue weighted by atomic mass is 10.1. The maximum Gasteiger partial charge on any atom is 0.107 e. The van der Waals surface area contributed by atoms with Gasteiger partial charge in [-0.25, -0.2) is 0 Å². The summed E-state index contributed by atoms with van der Waals surface area (Å²) in [4.78, 5) is 0. The van der Waals surface area contributed by atoms with Gasteiger partial charge >= 0.3 is 0 Å². The van der Waals surface area contributed by atoms with E-state index in [-0.39, 0.29) is 0 Å². The van der Waals surface area contributed by atoms with E-state index in [1.165, 1.54) is 37.7 Å². The number of hydrogen-bond donors (Lipinski definition) is 0. The topological polar surface area (TPSA) is 21.8 Å². The van der Waals surface area contributed by atoms with Crippen LogP contribution in [0, 0.1) is 0 Å². The first-order chi connectivity index (χ1) is 8.90. The normalized spacial score (nSPS) is 22.1. The standard InChI is InChI=1S/C16H24O2/c1-2-3-4-8-11-15-16(18-15)13-17-12-14-9-6-5-7-10-14/h5-7,9-10,15-16H,2-4,8,11-13H2,1H3/t15-,16+/m1/s1. The van der Waals surface area contributed by atoms with Gasteiger partial charge in [-0.15, -0.1) is 0 Å². The van der Waals surface area contributed by atoms with Gasteiger partial charge in [-0.3, -0.25) is 0 Å². The molecule has 1 saturated heterocycles. The van der Waals surface area contributed by atoms with Crippen molar-refractivity contribution in [3.8, 4) is 0 Å². The summed E-state index contributed by atoms with van der Waals surface area (Å²) in [5.41, 5.74) is 1.23. The molecular formula is C16H24O2. The predicted molar refractivity (Wildman–Crippen MR) is 73.5 cm³/mol. The van der Waals surface area contributed by atoms with E-state index in [2.05, 4.69) is 19.1 Å². The number of rotatable bonds is 9. The Kier molecular flexibility index (Phi) is 5.69. The van der Waals surface area contributed by atoms with Crippen molar-refractivity contribution >= 4 is 0 Å². The summed E-state index contributed by atoms with van der Waals surface area (Å²) in [6.45, 7) is 3.68. The summed E-state index contributed by atoms with van der Waals surface area (Å²) in [5, 5.41) is 0. The smallest absolute Gasteiger partial charge is 0.107 e. The maximum atomic E-state index is 5.68. The molecule has 0 amide bonds. The molecule has 1 aliphatic rings. The van der Waals surface area contributed by atoms with Crippen molar-refractivity contribution in [1.29, 1.82) is 0 Å². The van der Waals surface area contributed by atoms with Gasteiger partial charge in [0.25, 0.3) is 0 Å². The molecule has 1 aromatic carbocycles. The highest BCUT2D eigenvalue weighted by Gasteiger charge is 2.37. The minimum Gasteiger partial charge on any atom is -0.374 e. The van der Waals surface area contributed by atoms with Crippen molar-refractivity contribution < 1.29 is 9.47 Å². The fourth-order valence-corrected chi connectivity index (χ4v) is 2.22. The first-order valence-electron chi connectivity index (χ1n) is 7.17. The molecule has 1 aromatic rings. The molecule has 2 atom stereocenters.